The highest BCUT2D eigenvalue weighted by Crippen LogP contribution is 2.32. The average Bonchev–Trinajstić information content (AvgIpc) is 2.28. The maximum atomic E-state index is 10.5. The number of hydrogen-bond acceptors (Lipinski definition) is 2. The Morgan fingerprint density at radius 2 is 1.93 bits per heavy atom. The van der Waals surface area contributed by atoms with Gasteiger partial charge < -0.3 is 10.8 Å². The van der Waals surface area contributed by atoms with Crippen molar-refractivity contribution >= 4 is 0 Å². The zero-order valence-corrected chi connectivity index (χ0v) is 8.90. The first kappa shape index (κ1) is 11.2. The van der Waals surface area contributed by atoms with Crippen LogP contribution in [0.3, 0.4) is 0 Å². The minimum atomic E-state index is -0.782. The van der Waals surface area contributed by atoms with E-state index in [9.17, 15) is 5.11 Å². The Morgan fingerprint density at radius 1 is 1.36 bits per heavy atom. The fourth-order valence-corrected chi connectivity index (χ4v) is 1.76. The third kappa shape index (κ3) is 1.97. The standard InChI is InChI=1S/C12H19NO/c1-3-12(14,10(2)9-13)11-7-5-4-6-8-11/h4-8,10,14H,3,9,13H2,1-2H3. The van der Waals surface area contributed by atoms with E-state index >= 15 is 0 Å². The molecule has 2 nitrogen and oxygen atoms in total. The molecule has 0 bridgehead atoms. The van der Waals surface area contributed by atoms with Crippen molar-refractivity contribution in [2.75, 3.05) is 6.54 Å². The molecular weight excluding hydrogens is 174 g/mol. The lowest BCUT2D eigenvalue weighted by atomic mass is 9.80. The molecule has 78 valence electrons. The first-order chi connectivity index (χ1) is 6.65. The van der Waals surface area contributed by atoms with E-state index in [4.69, 9.17) is 5.73 Å². The first-order valence-electron chi connectivity index (χ1n) is 5.13. The van der Waals surface area contributed by atoms with E-state index in [2.05, 4.69) is 0 Å². The zero-order chi connectivity index (χ0) is 10.6. The van der Waals surface area contributed by atoms with Crippen molar-refractivity contribution in [3.8, 4) is 0 Å². The maximum absolute atomic E-state index is 10.5. The van der Waals surface area contributed by atoms with Crippen LogP contribution in [0.4, 0.5) is 0 Å². The summed E-state index contributed by atoms with van der Waals surface area (Å²) in [5.41, 5.74) is 5.79. The Kier molecular flexibility index (Phi) is 3.67. The van der Waals surface area contributed by atoms with E-state index in [0.717, 1.165) is 5.56 Å². The smallest absolute Gasteiger partial charge is 0.0931 e. The molecule has 0 heterocycles. The van der Waals surface area contributed by atoms with Crippen LogP contribution in [-0.2, 0) is 5.60 Å². The topological polar surface area (TPSA) is 46.2 Å². The van der Waals surface area contributed by atoms with Crippen LogP contribution >= 0.6 is 0 Å². The van der Waals surface area contributed by atoms with E-state index < -0.39 is 5.60 Å². The van der Waals surface area contributed by atoms with E-state index in [1.54, 1.807) is 0 Å². The molecule has 3 N–H and O–H groups in total. The molecule has 1 rings (SSSR count). The van der Waals surface area contributed by atoms with E-state index in [1.165, 1.54) is 0 Å². The molecule has 2 unspecified atom stereocenters. The number of hydrogen-bond donors (Lipinski definition) is 2. The predicted molar refractivity (Wildman–Crippen MR) is 58.8 cm³/mol. The third-order valence-electron chi connectivity index (χ3n) is 2.98. The summed E-state index contributed by atoms with van der Waals surface area (Å²) in [6.07, 6.45) is 0.690. The number of nitrogens with two attached hydrogens (primary N) is 1. The summed E-state index contributed by atoms with van der Waals surface area (Å²) < 4.78 is 0. The van der Waals surface area contributed by atoms with Crippen molar-refractivity contribution in [3.05, 3.63) is 35.9 Å². The minimum absolute atomic E-state index is 0.0786. The summed E-state index contributed by atoms with van der Waals surface area (Å²) in [7, 11) is 0. The lowest BCUT2D eigenvalue weighted by molar-refractivity contribution is -0.0175. The van der Waals surface area contributed by atoms with Gasteiger partial charge in [-0.25, -0.2) is 0 Å². The van der Waals surface area contributed by atoms with Gasteiger partial charge in [0.1, 0.15) is 0 Å². The molecule has 2 heteroatoms. The largest absolute Gasteiger partial charge is 0.385 e. The number of rotatable bonds is 4. The van der Waals surface area contributed by atoms with Crippen molar-refractivity contribution in [3.63, 3.8) is 0 Å². The van der Waals surface area contributed by atoms with E-state index in [-0.39, 0.29) is 5.92 Å². The van der Waals surface area contributed by atoms with Gasteiger partial charge in [0.25, 0.3) is 0 Å². The van der Waals surface area contributed by atoms with Crippen LogP contribution in [0.1, 0.15) is 25.8 Å². The second kappa shape index (κ2) is 4.58. The normalized spacial score (nSPS) is 17.4. The van der Waals surface area contributed by atoms with Gasteiger partial charge in [0, 0.05) is 5.92 Å². The first-order valence-corrected chi connectivity index (χ1v) is 5.13. The van der Waals surface area contributed by atoms with Crippen LogP contribution < -0.4 is 5.73 Å². The highest BCUT2D eigenvalue weighted by molar-refractivity contribution is 5.23. The average molecular weight is 193 g/mol. The van der Waals surface area contributed by atoms with Crippen LogP contribution in [0.15, 0.2) is 30.3 Å². The quantitative estimate of drug-likeness (QED) is 0.767. The second-order valence-corrected chi connectivity index (χ2v) is 3.78. The summed E-state index contributed by atoms with van der Waals surface area (Å²) in [6, 6.07) is 9.75. The molecule has 0 aliphatic rings. The van der Waals surface area contributed by atoms with Crippen LogP contribution in [-0.4, -0.2) is 11.7 Å². The van der Waals surface area contributed by atoms with Crippen LogP contribution in [0.5, 0.6) is 0 Å². The minimum Gasteiger partial charge on any atom is -0.385 e. The lowest BCUT2D eigenvalue weighted by Gasteiger charge is -2.33. The monoisotopic (exact) mass is 193 g/mol. The molecule has 0 amide bonds. The van der Waals surface area contributed by atoms with Crippen molar-refractivity contribution < 1.29 is 5.11 Å². The maximum Gasteiger partial charge on any atom is 0.0931 e. The Bertz CT molecular complexity index is 273. The van der Waals surface area contributed by atoms with Crippen molar-refractivity contribution in [2.45, 2.75) is 25.9 Å². The molecule has 0 saturated heterocycles. The van der Waals surface area contributed by atoms with Gasteiger partial charge in [0.15, 0.2) is 0 Å². The summed E-state index contributed by atoms with van der Waals surface area (Å²) in [6.45, 7) is 4.47. The van der Waals surface area contributed by atoms with Gasteiger partial charge in [-0.05, 0) is 18.5 Å². The zero-order valence-electron chi connectivity index (χ0n) is 8.90. The number of benzene rings is 1. The van der Waals surface area contributed by atoms with Gasteiger partial charge in [-0.1, -0.05) is 44.2 Å². The fourth-order valence-electron chi connectivity index (χ4n) is 1.76. The van der Waals surface area contributed by atoms with Gasteiger partial charge in [-0.15, -0.1) is 0 Å². The van der Waals surface area contributed by atoms with Crippen LogP contribution in [0.25, 0.3) is 0 Å². The van der Waals surface area contributed by atoms with Crippen LogP contribution in [0, 0.1) is 5.92 Å². The van der Waals surface area contributed by atoms with Gasteiger partial charge >= 0.3 is 0 Å². The van der Waals surface area contributed by atoms with Gasteiger partial charge in [0.2, 0.25) is 0 Å². The molecule has 1 aromatic rings. The molecule has 0 radical (unpaired) electrons. The van der Waals surface area contributed by atoms with Crippen molar-refractivity contribution in [1.82, 2.24) is 0 Å². The highest BCUT2D eigenvalue weighted by atomic mass is 16.3. The molecule has 0 spiro atoms. The molecule has 1 aromatic carbocycles. The third-order valence-corrected chi connectivity index (χ3v) is 2.98. The van der Waals surface area contributed by atoms with Gasteiger partial charge in [-0.3, -0.25) is 0 Å². The molecule has 0 aliphatic carbocycles. The molecule has 0 aliphatic heterocycles. The molecule has 0 aromatic heterocycles. The summed E-state index contributed by atoms with van der Waals surface area (Å²) in [5, 5.41) is 10.5. The molecular formula is C12H19NO. The number of aliphatic hydroxyl groups is 1. The Morgan fingerprint density at radius 3 is 2.36 bits per heavy atom. The Balaban J connectivity index is 3.01. The van der Waals surface area contributed by atoms with E-state index in [1.807, 2.05) is 44.2 Å². The van der Waals surface area contributed by atoms with Gasteiger partial charge in [0.05, 0.1) is 5.60 Å². The molecule has 14 heavy (non-hydrogen) atoms. The van der Waals surface area contributed by atoms with Crippen molar-refractivity contribution in [1.29, 1.82) is 0 Å². The summed E-state index contributed by atoms with van der Waals surface area (Å²) in [5.74, 6) is 0.0786. The molecule has 0 fully saturated rings. The Labute approximate surface area is 85.8 Å². The fraction of sp³-hybridized carbons (Fsp3) is 0.500. The van der Waals surface area contributed by atoms with E-state index in [0.29, 0.717) is 13.0 Å². The summed E-state index contributed by atoms with van der Waals surface area (Å²) >= 11 is 0. The van der Waals surface area contributed by atoms with Crippen LogP contribution in [0.2, 0.25) is 0 Å². The summed E-state index contributed by atoms with van der Waals surface area (Å²) in [4.78, 5) is 0. The highest BCUT2D eigenvalue weighted by Gasteiger charge is 2.32. The SMILES string of the molecule is CCC(O)(c1ccccc1)C(C)CN. The second-order valence-electron chi connectivity index (χ2n) is 3.78. The molecule has 2 atom stereocenters. The van der Waals surface area contributed by atoms with Gasteiger partial charge in [-0.2, -0.15) is 0 Å². The lowest BCUT2D eigenvalue weighted by Crippen LogP contribution is -2.37. The Hall–Kier alpha value is -0.860. The van der Waals surface area contributed by atoms with Crippen molar-refractivity contribution in [2.24, 2.45) is 11.7 Å². The predicted octanol–water partition coefficient (Wildman–Crippen LogP) is 1.88. The molecule has 0 saturated carbocycles.